The van der Waals surface area contributed by atoms with E-state index >= 15 is 0 Å². The summed E-state index contributed by atoms with van der Waals surface area (Å²) in [5.74, 6) is 0. The van der Waals surface area contributed by atoms with E-state index < -0.39 is 5.41 Å². The second-order valence-corrected chi connectivity index (χ2v) is 6.77. The van der Waals surface area contributed by atoms with E-state index in [1.165, 1.54) is 0 Å². The summed E-state index contributed by atoms with van der Waals surface area (Å²) >= 11 is 0. The summed E-state index contributed by atoms with van der Waals surface area (Å²) in [6.07, 6.45) is 8.16. The number of hydrogen-bond donors (Lipinski definition) is 0. The van der Waals surface area contributed by atoms with Crippen LogP contribution in [0.25, 0.3) is 0 Å². The fraction of sp³-hybridized carbons (Fsp3) is 0.476. The monoisotopic (exact) mass is 580 g/mol. The second-order valence-electron chi connectivity index (χ2n) is 6.77. The van der Waals surface area contributed by atoms with Gasteiger partial charge in [-0.1, -0.05) is 18.6 Å². The van der Waals surface area contributed by atoms with Crippen LogP contribution >= 0.6 is 0 Å². The summed E-state index contributed by atoms with van der Waals surface area (Å²) in [6, 6.07) is 7.82. The summed E-state index contributed by atoms with van der Waals surface area (Å²) in [6.45, 7) is 8.26. The SMILES string of the molecule is [CH2-]CO[C-]1CCCC(CF)(CN(/C=C\C)c2cc(C#N)ccc2C)C1.[U+2]. The van der Waals surface area contributed by atoms with E-state index in [2.05, 4.69) is 17.9 Å². The number of halogens is 1. The van der Waals surface area contributed by atoms with Crippen LogP contribution in [-0.2, 0) is 4.74 Å². The van der Waals surface area contributed by atoms with E-state index in [9.17, 15) is 9.65 Å². The molecule has 1 atom stereocenters. The van der Waals surface area contributed by atoms with Crippen molar-refractivity contribution in [2.24, 2.45) is 5.41 Å². The molecule has 1 saturated carbocycles. The number of anilines is 1. The average molecular weight is 580 g/mol. The minimum atomic E-state index is -0.461. The van der Waals surface area contributed by atoms with Crippen molar-refractivity contribution in [3.05, 3.63) is 54.6 Å². The standard InChI is InChI=1S/C21H27FN2O.U/c1-4-11-24(20-12-18(14-23)9-8-17(20)3)16-21(15-22)10-6-7-19(13-21)25-5-2;/h4,8-9,11-12H,2,5-7,10,13,15-16H2,1,3H3;/q-2;+2/b11-4-;. The van der Waals surface area contributed by atoms with E-state index in [4.69, 9.17) is 4.74 Å². The number of nitrogens with zero attached hydrogens (tertiary/aromatic N) is 2. The minimum absolute atomic E-state index is 0. The molecule has 0 aliphatic heterocycles. The maximum Gasteiger partial charge on any atom is 2.00 e. The molecule has 0 saturated heterocycles. The van der Waals surface area contributed by atoms with Gasteiger partial charge in [-0.05, 0) is 49.6 Å². The molecule has 1 aromatic rings. The molecule has 0 amide bonds. The topological polar surface area (TPSA) is 36.3 Å². The molecule has 3 nitrogen and oxygen atoms in total. The number of rotatable bonds is 7. The Hall–Kier alpha value is -0.808. The van der Waals surface area contributed by atoms with E-state index in [-0.39, 0.29) is 37.8 Å². The van der Waals surface area contributed by atoms with Crippen molar-refractivity contribution in [2.45, 2.75) is 39.5 Å². The molecule has 0 aromatic heterocycles. The van der Waals surface area contributed by atoms with E-state index in [1.54, 1.807) is 0 Å². The molecule has 0 radical (unpaired) electrons. The molecule has 0 bridgehead atoms. The number of aryl methyl sites for hydroxylation is 1. The molecule has 1 aliphatic carbocycles. The van der Waals surface area contributed by atoms with Gasteiger partial charge in [-0.2, -0.15) is 17.8 Å². The van der Waals surface area contributed by atoms with Gasteiger partial charge in [0, 0.05) is 12.2 Å². The zero-order valence-corrected chi connectivity index (χ0v) is 19.9. The summed E-state index contributed by atoms with van der Waals surface area (Å²) < 4.78 is 19.7. The molecular weight excluding hydrogens is 553 g/mol. The molecule has 1 aromatic carbocycles. The third-order valence-electron chi connectivity index (χ3n) is 4.81. The number of alkyl halides is 1. The Bertz CT molecular complexity index is 641. The Morgan fingerprint density at radius 3 is 2.88 bits per heavy atom. The molecule has 5 heteroatoms. The molecule has 2 rings (SSSR count). The van der Waals surface area contributed by atoms with Gasteiger partial charge >= 0.3 is 31.1 Å². The quantitative estimate of drug-likeness (QED) is 0.421. The Morgan fingerprint density at radius 1 is 1.50 bits per heavy atom. The van der Waals surface area contributed by atoms with Crippen LogP contribution in [0.3, 0.4) is 0 Å². The Balaban J connectivity index is 0.00000338. The third kappa shape index (κ3) is 5.85. The number of nitriles is 1. The Morgan fingerprint density at radius 2 is 2.27 bits per heavy atom. The van der Waals surface area contributed by atoms with Crippen LogP contribution in [0.2, 0.25) is 0 Å². The normalized spacial score (nSPS) is 20.6. The van der Waals surface area contributed by atoms with Crippen LogP contribution in [0.5, 0.6) is 0 Å². The van der Waals surface area contributed by atoms with Crippen molar-refractivity contribution < 1.29 is 40.2 Å². The molecule has 138 valence electrons. The van der Waals surface area contributed by atoms with Gasteiger partial charge in [-0.25, -0.2) is 0 Å². The van der Waals surface area contributed by atoms with E-state index in [0.29, 0.717) is 25.1 Å². The summed E-state index contributed by atoms with van der Waals surface area (Å²) in [5.41, 5.74) is 2.17. The van der Waals surface area contributed by atoms with Gasteiger partial charge < -0.3 is 16.6 Å². The summed E-state index contributed by atoms with van der Waals surface area (Å²) in [5, 5.41) is 9.20. The van der Waals surface area contributed by atoms with Crippen molar-refractivity contribution >= 4 is 5.69 Å². The largest absolute Gasteiger partial charge is 2.00 e. The van der Waals surface area contributed by atoms with Gasteiger partial charge in [0.2, 0.25) is 0 Å². The summed E-state index contributed by atoms with van der Waals surface area (Å²) in [7, 11) is 0. The van der Waals surface area contributed by atoms with Gasteiger partial charge in [0.15, 0.2) is 0 Å². The van der Waals surface area contributed by atoms with Crippen molar-refractivity contribution in [3.8, 4) is 6.07 Å². The summed E-state index contributed by atoms with van der Waals surface area (Å²) in [4.78, 5) is 2.07. The van der Waals surface area contributed by atoms with Crippen LogP contribution in [0.15, 0.2) is 30.5 Å². The minimum Gasteiger partial charge on any atom is -0.575 e. The zero-order chi connectivity index (χ0) is 18.3. The van der Waals surface area contributed by atoms with Crippen molar-refractivity contribution in [2.75, 3.05) is 24.7 Å². The molecule has 1 aliphatic rings. The van der Waals surface area contributed by atoms with Gasteiger partial charge in [0.1, 0.15) is 0 Å². The van der Waals surface area contributed by atoms with Gasteiger partial charge in [0.05, 0.1) is 18.3 Å². The number of allylic oxidation sites excluding steroid dienone is 1. The first kappa shape index (κ1) is 23.2. The van der Waals surface area contributed by atoms with Crippen LogP contribution in [-0.4, -0.2) is 19.8 Å². The average Bonchev–Trinajstić information content (AvgIpc) is 2.62. The maximum atomic E-state index is 14.1. The molecule has 26 heavy (non-hydrogen) atoms. The number of hydrogen-bond acceptors (Lipinski definition) is 3. The predicted molar refractivity (Wildman–Crippen MR) is 99.5 cm³/mol. The molecule has 0 spiro atoms. The maximum absolute atomic E-state index is 14.1. The zero-order valence-electron chi connectivity index (χ0n) is 15.7. The van der Waals surface area contributed by atoms with E-state index in [0.717, 1.165) is 36.6 Å². The van der Waals surface area contributed by atoms with E-state index in [1.807, 2.05) is 44.3 Å². The van der Waals surface area contributed by atoms with Crippen LogP contribution < -0.4 is 4.90 Å². The Labute approximate surface area is 181 Å². The molecule has 0 heterocycles. The number of ether oxygens (including phenoxy) is 1. The Kier molecular flexibility index (Phi) is 9.94. The first-order valence-electron chi connectivity index (χ1n) is 8.80. The fourth-order valence-electron chi connectivity index (χ4n) is 3.56. The second kappa shape index (κ2) is 11.1. The van der Waals surface area contributed by atoms with Crippen LogP contribution in [0, 0.1) is 67.8 Å². The van der Waals surface area contributed by atoms with Gasteiger partial charge in [-0.3, -0.25) is 4.39 Å². The van der Waals surface area contributed by atoms with Gasteiger partial charge in [-0.15, -0.1) is 13.0 Å². The predicted octanol–water partition coefficient (Wildman–Crippen LogP) is 5.12. The molecule has 1 unspecified atom stereocenters. The third-order valence-corrected chi connectivity index (χ3v) is 4.81. The molecular formula is C21H27FN2OU. The van der Waals surface area contributed by atoms with Crippen LogP contribution in [0.4, 0.5) is 10.1 Å². The smallest absolute Gasteiger partial charge is 0.575 e. The first-order chi connectivity index (χ1) is 12.1. The van der Waals surface area contributed by atoms with Crippen LogP contribution in [0.1, 0.15) is 43.7 Å². The first-order valence-corrected chi connectivity index (χ1v) is 8.80. The molecule has 1 fully saturated rings. The van der Waals surface area contributed by atoms with Crippen molar-refractivity contribution in [1.29, 1.82) is 5.26 Å². The van der Waals surface area contributed by atoms with Crippen molar-refractivity contribution in [3.63, 3.8) is 0 Å². The molecule has 0 N–H and O–H groups in total. The number of benzene rings is 1. The fourth-order valence-corrected chi connectivity index (χ4v) is 3.56. The van der Waals surface area contributed by atoms with Crippen molar-refractivity contribution in [1.82, 2.24) is 0 Å². The van der Waals surface area contributed by atoms with Gasteiger partial charge in [0.25, 0.3) is 0 Å².